The average molecular weight is 369 g/mol. The number of carbonyl (C=O) groups excluding carboxylic acids is 2. The number of amides is 2. The van der Waals surface area contributed by atoms with E-state index in [1.807, 2.05) is 0 Å². The van der Waals surface area contributed by atoms with Crippen LogP contribution in [0.4, 0.5) is 5.69 Å². The highest BCUT2D eigenvalue weighted by molar-refractivity contribution is 6.39. The van der Waals surface area contributed by atoms with Gasteiger partial charge >= 0.3 is 0 Å². The quantitative estimate of drug-likeness (QED) is 0.845. The molecule has 130 valence electrons. The second kappa shape index (κ2) is 7.32. The lowest BCUT2D eigenvalue weighted by atomic mass is 9.86. The van der Waals surface area contributed by atoms with E-state index in [1.165, 1.54) is 30.6 Å². The Labute approximate surface area is 152 Å². The summed E-state index contributed by atoms with van der Waals surface area (Å²) in [6.07, 6.45) is 5.60. The van der Waals surface area contributed by atoms with Gasteiger partial charge in [0.1, 0.15) is 0 Å². The Morgan fingerprint density at radius 1 is 1.21 bits per heavy atom. The van der Waals surface area contributed by atoms with Crippen LogP contribution >= 0.6 is 23.2 Å². The van der Waals surface area contributed by atoms with Crippen LogP contribution in [-0.4, -0.2) is 30.3 Å². The summed E-state index contributed by atoms with van der Waals surface area (Å²) in [5.74, 6) is 1.77. The molecule has 1 aromatic rings. The minimum atomic E-state index is -0.297. The van der Waals surface area contributed by atoms with E-state index in [2.05, 4.69) is 5.32 Å². The Bertz CT molecular complexity index is 630. The van der Waals surface area contributed by atoms with Crippen molar-refractivity contribution in [2.45, 2.75) is 32.1 Å². The summed E-state index contributed by atoms with van der Waals surface area (Å²) in [4.78, 5) is 26.1. The van der Waals surface area contributed by atoms with Crippen molar-refractivity contribution in [1.29, 1.82) is 0 Å². The van der Waals surface area contributed by atoms with Gasteiger partial charge in [0.25, 0.3) is 0 Å². The molecule has 24 heavy (non-hydrogen) atoms. The SMILES string of the molecule is CN(CC(=O)Nc1c(Cl)cccc1Cl)C(=O)C[C@H]1C[C@@H]2CC[C@@H]1C2. The van der Waals surface area contributed by atoms with E-state index in [0.29, 0.717) is 34.0 Å². The zero-order valence-corrected chi connectivity index (χ0v) is 15.2. The predicted molar refractivity (Wildman–Crippen MR) is 96.3 cm³/mol. The highest BCUT2D eigenvalue weighted by Gasteiger charge is 2.40. The number of hydrogen-bond donors (Lipinski definition) is 1. The lowest BCUT2D eigenvalue weighted by Crippen LogP contribution is -2.36. The third-order valence-corrected chi connectivity index (χ3v) is 5.99. The Hall–Kier alpha value is -1.26. The van der Waals surface area contributed by atoms with Gasteiger partial charge in [0.05, 0.1) is 22.3 Å². The fourth-order valence-corrected chi connectivity index (χ4v) is 4.60. The number of anilines is 1. The van der Waals surface area contributed by atoms with Crippen molar-refractivity contribution in [1.82, 2.24) is 4.90 Å². The number of benzene rings is 1. The first kappa shape index (κ1) is 17.6. The number of halogens is 2. The highest BCUT2D eigenvalue weighted by Crippen LogP contribution is 2.49. The minimum Gasteiger partial charge on any atom is -0.336 e. The van der Waals surface area contributed by atoms with Crippen molar-refractivity contribution in [3.05, 3.63) is 28.2 Å². The van der Waals surface area contributed by atoms with Crippen molar-refractivity contribution >= 4 is 40.7 Å². The minimum absolute atomic E-state index is 0.00119. The van der Waals surface area contributed by atoms with Crippen molar-refractivity contribution in [2.24, 2.45) is 17.8 Å². The monoisotopic (exact) mass is 368 g/mol. The van der Waals surface area contributed by atoms with Crippen molar-refractivity contribution in [2.75, 3.05) is 18.9 Å². The van der Waals surface area contributed by atoms with Gasteiger partial charge in [-0.3, -0.25) is 9.59 Å². The van der Waals surface area contributed by atoms with Crippen LogP contribution in [0.5, 0.6) is 0 Å². The molecule has 0 heterocycles. The molecule has 3 atom stereocenters. The van der Waals surface area contributed by atoms with Crippen LogP contribution in [0.3, 0.4) is 0 Å². The zero-order valence-electron chi connectivity index (χ0n) is 13.7. The summed E-state index contributed by atoms with van der Waals surface area (Å²) in [6.45, 7) is 0.00119. The maximum atomic E-state index is 12.4. The zero-order chi connectivity index (χ0) is 17.3. The molecule has 0 aliphatic heterocycles. The Balaban J connectivity index is 1.51. The molecule has 2 saturated carbocycles. The topological polar surface area (TPSA) is 49.4 Å². The van der Waals surface area contributed by atoms with Gasteiger partial charge in [0.15, 0.2) is 0 Å². The maximum Gasteiger partial charge on any atom is 0.244 e. The molecule has 6 heteroatoms. The number of nitrogens with one attached hydrogen (secondary N) is 1. The van der Waals surface area contributed by atoms with Gasteiger partial charge in [0.2, 0.25) is 11.8 Å². The maximum absolute atomic E-state index is 12.4. The summed E-state index contributed by atoms with van der Waals surface area (Å²) >= 11 is 12.1. The highest BCUT2D eigenvalue weighted by atomic mass is 35.5. The molecule has 2 aliphatic carbocycles. The van der Waals surface area contributed by atoms with E-state index in [4.69, 9.17) is 23.2 Å². The number of hydrogen-bond acceptors (Lipinski definition) is 2. The van der Waals surface area contributed by atoms with Crippen LogP contribution in [0, 0.1) is 17.8 Å². The number of para-hydroxylation sites is 1. The second-order valence-corrected chi connectivity index (χ2v) is 7.85. The largest absolute Gasteiger partial charge is 0.336 e. The number of likely N-dealkylation sites (N-methyl/N-ethyl adjacent to an activating group) is 1. The van der Waals surface area contributed by atoms with Crippen LogP contribution in [0.2, 0.25) is 10.0 Å². The molecular weight excluding hydrogens is 347 g/mol. The van der Waals surface area contributed by atoms with Gasteiger partial charge in [-0.15, -0.1) is 0 Å². The van der Waals surface area contributed by atoms with Crippen LogP contribution < -0.4 is 5.32 Å². The van der Waals surface area contributed by atoms with Gasteiger partial charge < -0.3 is 10.2 Å². The van der Waals surface area contributed by atoms with Crippen LogP contribution in [-0.2, 0) is 9.59 Å². The first-order valence-corrected chi connectivity index (χ1v) is 9.17. The van der Waals surface area contributed by atoms with E-state index >= 15 is 0 Å². The van der Waals surface area contributed by atoms with Crippen molar-refractivity contribution in [3.8, 4) is 0 Å². The first-order valence-electron chi connectivity index (χ1n) is 8.42. The van der Waals surface area contributed by atoms with E-state index in [9.17, 15) is 9.59 Å². The fourth-order valence-electron chi connectivity index (χ4n) is 4.11. The molecule has 1 N–H and O–H groups in total. The molecule has 2 aliphatic rings. The molecule has 4 nitrogen and oxygen atoms in total. The number of carbonyl (C=O) groups is 2. The smallest absolute Gasteiger partial charge is 0.244 e. The van der Waals surface area contributed by atoms with Crippen LogP contribution in [0.1, 0.15) is 32.1 Å². The third kappa shape index (κ3) is 3.86. The van der Waals surface area contributed by atoms with E-state index in [-0.39, 0.29) is 18.4 Å². The summed E-state index contributed by atoms with van der Waals surface area (Å²) in [6, 6.07) is 5.03. The summed E-state index contributed by atoms with van der Waals surface area (Å²) in [7, 11) is 1.67. The molecule has 2 bridgehead atoms. The van der Waals surface area contributed by atoms with E-state index in [1.54, 1.807) is 25.2 Å². The number of fused-ring (bicyclic) bond motifs is 2. The normalized spacial score (nSPS) is 24.9. The predicted octanol–water partition coefficient (Wildman–Crippen LogP) is 4.22. The second-order valence-electron chi connectivity index (χ2n) is 7.03. The summed E-state index contributed by atoms with van der Waals surface area (Å²) in [5, 5.41) is 3.45. The number of nitrogens with zero attached hydrogens (tertiary/aromatic N) is 1. The molecular formula is C18H22Cl2N2O2. The lowest BCUT2D eigenvalue weighted by molar-refractivity contribution is -0.134. The molecule has 0 saturated heterocycles. The van der Waals surface area contributed by atoms with Gasteiger partial charge in [-0.25, -0.2) is 0 Å². The Morgan fingerprint density at radius 2 is 1.92 bits per heavy atom. The first-order chi connectivity index (χ1) is 11.4. The van der Waals surface area contributed by atoms with Gasteiger partial charge in [-0.1, -0.05) is 35.7 Å². The summed E-state index contributed by atoms with van der Waals surface area (Å²) in [5.41, 5.74) is 0.389. The molecule has 0 aromatic heterocycles. The molecule has 1 aromatic carbocycles. The van der Waals surface area contributed by atoms with Crippen molar-refractivity contribution in [3.63, 3.8) is 0 Å². The van der Waals surface area contributed by atoms with E-state index < -0.39 is 0 Å². The van der Waals surface area contributed by atoms with E-state index in [0.717, 1.165) is 5.92 Å². The summed E-state index contributed by atoms with van der Waals surface area (Å²) < 4.78 is 0. The number of rotatable bonds is 5. The van der Waals surface area contributed by atoms with Gasteiger partial charge in [0, 0.05) is 13.5 Å². The van der Waals surface area contributed by atoms with Crippen LogP contribution in [0.25, 0.3) is 0 Å². The average Bonchev–Trinajstić information content (AvgIpc) is 3.13. The molecule has 2 amide bonds. The van der Waals surface area contributed by atoms with Gasteiger partial charge in [-0.05, 0) is 49.1 Å². The Morgan fingerprint density at radius 3 is 2.50 bits per heavy atom. The molecule has 3 rings (SSSR count). The third-order valence-electron chi connectivity index (χ3n) is 5.36. The molecule has 0 spiro atoms. The molecule has 2 fully saturated rings. The molecule has 0 unspecified atom stereocenters. The standard InChI is InChI=1S/C18H22Cl2N2O2/c1-22(17(24)9-13-8-11-5-6-12(13)7-11)10-16(23)21-18-14(19)3-2-4-15(18)20/h2-4,11-13H,5-10H2,1H3,(H,21,23)/t11-,12-,13-/m1/s1. The van der Waals surface area contributed by atoms with Gasteiger partial charge in [-0.2, -0.15) is 0 Å². The lowest BCUT2D eigenvalue weighted by Gasteiger charge is -2.24. The van der Waals surface area contributed by atoms with Crippen molar-refractivity contribution < 1.29 is 9.59 Å². The Kier molecular flexibility index (Phi) is 5.36. The fraction of sp³-hybridized carbons (Fsp3) is 0.556. The van der Waals surface area contributed by atoms with Crippen LogP contribution in [0.15, 0.2) is 18.2 Å². The molecule has 0 radical (unpaired) electrons.